The molecule has 140 valence electrons. The summed E-state index contributed by atoms with van der Waals surface area (Å²) in [5.74, 6) is 1.42. The Labute approximate surface area is 171 Å². The first-order valence-corrected chi connectivity index (χ1v) is 9.58. The Morgan fingerprint density at radius 1 is 0.862 bits per heavy atom. The summed E-state index contributed by atoms with van der Waals surface area (Å²) in [7, 11) is 0. The lowest BCUT2D eigenvalue weighted by atomic mass is 10.1. The lowest BCUT2D eigenvalue weighted by Crippen LogP contribution is -1.97. The third-order valence-corrected chi connectivity index (χ3v) is 5.34. The summed E-state index contributed by atoms with van der Waals surface area (Å²) in [6.07, 6.45) is 1.87. The molecule has 0 atom stereocenters. The van der Waals surface area contributed by atoms with Crippen LogP contribution in [0.3, 0.4) is 0 Å². The van der Waals surface area contributed by atoms with Crippen LogP contribution in [-0.4, -0.2) is 21.6 Å². The lowest BCUT2D eigenvalue weighted by Gasteiger charge is -2.07. The van der Waals surface area contributed by atoms with Crippen LogP contribution in [0.4, 0.5) is 0 Å². The molecule has 0 aliphatic carbocycles. The molecule has 0 saturated carbocycles. The Morgan fingerprint density at radius 3 is 2.52 bits per heavy atom. The second-order valence-corrected chi connectivity index (χ2v) is 7.29. The first kappa shape index (κ1) is 16.4. The Bertz CT molecular complexity index is 1400. The van der Waals surface area contributed by atoms with Crippen LogP contribution >= 0.6 is 11.6 Å². The normalized spacial score (nSPS) is 12.7. The predicted molar refractivity (Wildman–Crippen MR) is 113 cm³/mol. The number of rotatable bonds is 2. The highest BCUT2D eigenvalue weighted by Crippen LogP contribution is 2.40. The van der Waals surface area contributed by atoms with E-state index < -0.39 is 0 Å². The molecule has 0 unspecified atom stereocenters. The van der Waals surface area contributed by atoms with Crippen molar-refractivity contribution in [3.05, 3.63) is 77.9 Å². The number of aromatic nitrogens is 3. The van der Waals surface area contributed by atoms with Crippen molar-refractivity contribution in [3.8, 4) is 28.4 Å². The van der Waals surface area contributed by atoms with Crippen molar-refractivity contribution in [2.45, 2.75) is 0 Å². The van der Waals surface area contributed by atoms with Gasteiger partial charge in [0.1, 0.15) is 5.69 Å². The summed E-state index contributed by atoms with van der Waals surface area (Å²) in [5, 5.41) is 7.52. The molecular weight excluding hydrogens is 386 g/mol. The Kier molecular flexibility index (Phi) is 3.52. The van der Waals surface area contributed by atoms with Crippen LogP contribution in [0.5, 0.6) is 11.5 Å². The first-order chi connectivity index (χ1) is 14.3. The second-order valence-electron chi connectivity index (χ2n) is 6.85. The van der Waals surface area contributed by atoms with Gasteiger partial charge in [0.15, 0.2) is 11.5 Å². The molecule has 0 bridgehead atoms. The van der Waals surface area contributed by atoms with Crippen LogP contribution in [0.2, 0.25) is 5.02 Å². The SMILES string of the molecule is Clc1cccc(-n2nc(-c3ccccc3)c3cnc4cc5c(cc4c32)OCO5)c1. The average Bonchev–Trinajstić information content (AvgIpc) is 3.37. The fraction of sp³-hybridized carbons (Fsp3) is 0.0435. The first-order valence-electron chi connectivity index (χ1n) is 9.20. The number of hydrogen-bond donors (Lipinski definition) is 0. The van der Waals surface area contributed by atoms with Gasteiger partial charge in [0.25, 0.3) is 0 Å². The number of halogens is 1. The van der Waals surface area contributed by atoms with Crippen LogP contribution in [0.25, 0.3) is 38.8 Å². The number of pyridine rings is 1. The van der Waals surface area contributed by atoms with Gasteiger partial charge in [0.05, 0.1) is 16.7 Å². The van der Waals surface area contributed by atoms with E-state index in [1.807, 2.05) is 77.6 Å². The van der Waals surface area contributed by atoms with Crippen LogP contribution in [0.15, 0.2) is 72.9 Å². The average molecular weight is 400 g/mol. The van der Waals surface area contributed by atoms with E-state index in [1.165, 1.54) is 0 Å². The maximum absolute atomic E-state index is 6.27. The summed E-state index contributed by atoms with van der Waals surface area (Å²) in [4.78, 5) is 4.68. The van der Waals surface area contributed by atoms with Crippen LogP contribution in [0.1, 0.15) is 0 Å². The van der Waals surface area contributed by atoms with Crippen LogP contribution in [0, 0.1) is 0 Å². The molecule has 3 heterocycles. The Hall–Kier alpha value is -3.57. The van der Waals surface area contributed by atoms with E-state index in [0.29, 0.717) is 16.5 Å². The van der Waals surface area contributed by atoms with Crippen molar-refractivity contribution in [2.75, 3.05) is 6.79 Å². The standard InChI is InChI=1S/C23H14ClN3O2/c24-15-7-4-8-16(9-15)27-23-17-10-20-21(29-13-28-20)11-19(17)25-12-18(23)22(26-27)14-5-2-1-3-6-14/h1-12H,13H2. The monoisotopic (exact) mass is 399 g/mol. The fourth-order valence-corrected chi connectivity index (χ4v) is 3.96. The van der Waals surface area contributed by atoms with Gasteiger partial charge >= 0.3 is 0 Å². The quantitative estimate of drug-likeness (QED) is 0.386. The molecule has 29 heavy (non-hydrogen) atoms. The van der Waals surface area contributed by atoms with Gasteiger partial charge in [-0.05, 0) is 24.3 Å². The minimum absolute atomic E-state index is 0.220. The lowest BCUT2D eigenvalue weighted by molar-refractivity contribution is 0.174. The molecular formula is C23H14ClN3O2. The van der Waals surface area contributed by atoms with Gasteiger partial charge in [-0.1, -0.05) is 48.0 Å². The van der Waals surface area contributed by atoms with E-state index in [0.717, 1.165) is 38.8 Å². The van der Waals surface area contributed by atoms with E-state index in [4.69, 9.17) is 26.2 Å². The molecule has 5 aromatic rings. The van der Waals surface area contributed by atoms with Crippen molar-refractivity contribution < 1.29 is 9.47 Å². The van der Waals surface area contributed by atoms with Gasteiger partial charge in [-0.3, -0.25) is 4.98 Å². The smallest absolute Gasteiger partial charge is 0.231 e. The van der Waals surface area contributed by atoms with Crippen molar-refractivity contribution in [3.63, 3.8) is 0 Å². The van der Waals surface area contributed by atoms with Crippen molar-refractivity contribution in [1.82, 2.24) is 14.8 Å². The number of hydrogen-bond acceptors (Lipinski definition) is 4. The maximum atomic E-state index is 6.27. The van der Waals surface area contributed by atoms with Gasteiger partial charge in [0, 0.05) is 33.6 Å². The second kappa shape index (κ2) is 6.22. The molecule has 0 saturated heterocycles. The molecule has 6 heteroatoms. The summed E-state index contributed by atoms with van der Waals surface area (Å²) in [5.41, 5.74) is 4.56. The van der Waals surface area contributed by atoms with E-state index in [9.17, 15) is 0 Å². The van der Waals surface area contributed by atoms with Crippen LogP contribution < -0.4 is 9.47 Å². The molecule has 0 N–H and O–H groups in total. The zero-order valence-corrected chi connectivity index (χ0v) is 15.9. The molecule has 3 aromatic carbocycles. The molecule has 0 fully saturated rings. The Morgan fingerprint density at radius 2 is 1.69 bits per heavy atom. The minimum atomic E-state index is 0.220. The summed E-state index contributed by atoms with van der Waals surface area (Å²) in [6, 6.07) is 21.7. The van der Waals surface area contributed by atoms with Crippen molar-refractivity contribution in [1.29, 1.82) is 0 Å². The van der Waals surface area contributed by atoms with Crippen molar-refractivity contribution >= 4 is 33.4 Å². The molecule has 0 spiro atoms. The molecule has 0 amide bonds. The summed E-state index contributed by atoms with van der Waals surface area (Å²) in [6.45, 7) is 0.220. The minimum Gasteiger partial charge on any atom is -0.454 e. The summed E-state index contributed by atoms with van der Waals surface area (Å²) >= 11 is 6.27. The fourth-order valence-electron chi connectivity index (χ4n) is 3.78. The van der Waals surface area contributed by atoms with Crippen LogP contribution in [-0.2, 0) is 0 Å². The molecule has 1 aliphatic rings. The third-order valence-electron chi connectivity index (χ3n) is 5.10. The van der Waals surface area contributed by atoms with E-state index in [1.54, 1.807) is 0 Å². The van der Waals surface area contributed by atoms with Gasteiger partial charge in [0.2, 0.25) is 6.79 Å². The van der Waals surface area contributed by atoms with Gasteiger partial charge in [-0.2, -0.15) is 5.10 Å². The van der Waals surface area contributed by atoms with Gasteiger partial charge in [-0.15, -0.1) is 0 Å². The molecule has 1 aliphatic heterocycles. The molecule has 0 radical (unpaired) electrons. The molecule has 5 nitrogen and oxygen atoms in total. The maximum Gasteiger partial charge on any atom is 0.231 e. The summed E-state index contributed by atoms with van der Waals surface area (Å²) < 4.78 is 13.1. The predicted octanol–water partition coefficient (Wildman–Crippen LogP) is 5.62. The highest BCUT2D eigenvalue weighted by molar-refractivity contribution is 6.30. The van der Waals surface area contributed by atoms with E-state index >= 15 is 0 Å². The van der Waals surface area contributed by atoms with Crippen molar-refractivity contribution in [2.24, 2.45) is 0 Å². The zero-order valence-electron chi connectivity index (χ0n) is 15.2. The van der Waals surface area contributed by atoms with Gasteiger partial charge in [-0.25, -0.2) is 4.68 Å². The zero-order chi connectivity index (χ0) is 19.4. The molecule has 6 rings (SSSR count). The molecule has 2 aromatic heterocycles. The highest BCUT2D eigenvalue weighted by atomic mass is 35.5. The number of benzene rings is 3. The third kappa shape index (κ3) is 2.55. The van der Waals surface area contributed by atoms with E-state index in [2.05, 4.69) is 4.98 Å². The Balaban J connectivity index is 1.74. The largest absolute Gasteiger partial charge is 0.454 e. The van der Waals surface area contributed by atoms with E-state index in [-0.39, 0.29) is 6.79 Å². The number of nitrogens with zero attached hydrogens (tertiary/aromatic N) is 3. The number of fused-ring (bicyclic) bond motifs is 4. The highest BCUT2D eigenvalue weighted by Gasteiger charge is 2.21. The topological polar surface area (TPSA) is 49.2 Å². The number of ether oxygens (including phenoxy) is 2. The van der Waals surface area contributed by atoms with Gasteiger partial charge < -0.3 is 9.47 Å².